The van der Waals surface area contributed by atoms with Gasteiger partial charge in [0.1, 0.15) is 35.3 Å². The molecule has 0 aliphatic carbocycles. The Morgan fingerprint density at radius 3 is 2.46 bits per heavy atom. The van der Waals surface area contributed by atoms with E-state index in [2.05, 4.69) is 15.3 Å². The van der Waals surface area contributed by atoms with Crippen LogP contribution < -0.4 is 15.0 Å². The van der Waals surface area contributed by atoms with Crippen LogP contribution in [0.15, 0.2) is 30.3 Å². The number of anilines is 1. The molecule has 10 heteroatoms. The third-order valence-electron chi connectivity index (χ3n) is 8.41. The summed E-state index contributed by atoms with van der Waals surface area (Å²) in [6.45, 7) is 6.29. The number of aryl methyl sites for hydroxylation is 1. The molecule has 2 aliphatic heterocycles. The molecule has 3 atom stereocenters. The molecule has 1 unspecified atom stereocenters. The van der Waals surface area contributed by atoms with Gasteiger partial charge in [0.2, 0.25) is 0 Å². The first kappa shape index (κ1) is 27.5. The molecule has 2 saturated heterocycles. The van der Waals surface area contributed by atoms with E-state index in [0.717, 1.165) is 12.8 Å². The van der Waals surface area contributed by atoms with Crippen LogP contribution in [0, 0.1) is 17.5 Å². The van der Waals surface area contributed by atoms with E-state index in [1.54, 1.807) is 13.8 Å². The van der Waals surface area contributed by atoms with Crippen molar-refractivity contribution in [2.45, 2.75) is 64.1 Å². The Labute approximate surface area is 236 Å². The standard InChI is InChI=1S/C31H33F3N4O3/c1-4-20-23(32)9-6-16-10-19(39)11-21(25(16)20)26-24(33)12-22-28(27(26)34)36-30(41-15-31(3,40)5-2)37-29(22)38-13-17-7-8-18(14-38)35-17/h6,9-12,17-18,35,39-40H,4-5,7-8,13-15H2,1-3H3/t17-,18+,31?. The molecule has 7 nitrogen and oxygen atoms in total. The molecule has 6 rings (SSSR count). The van der Waals surface area contributed by atoms with Crippen molar-refractivity contribution in [3.05, 3.63) is 53.3 Å². The number of nitrogens with one attached hydrogen (secondary N) is 1. The van der Waals surface area contributed by atoms with E-state index in [0.29, 0.717) is 41.7 Å². The third-order valence-corrected chi connectivity index (χ3v) is 8.41. The van der Waals surface area contributed by atoms with Crippen molar-refractivity contribution in [3.63, 3.8) is 0 Å². The highest BCUT2D eigenvalue weighted by Gasteiger charge is 2.35. The van der Waals surface area contributed by atoms with E-state index >= 15 is 8.78 Å². The normalized spacial score (nSPS) is 20.1. The van der Waals surface area contributed by atoms with E-state index in [1.165, 1.54) is 30.3 Å². The molecule has 3 aromatic carbocycles. The van der Waals surface area contributed by atoms with Crippen molar-refractivity contribution in [2.24, 2.45) is 0 Å². The van der Waals surface area contributed by atoms with Gasteiger partial charge in [-0.2, -0.15) is 9.97 Å². The van der Waals surface area contributed by atoms with Crippen LogP contribution in [0.5, 0.6) is 11.8 Å². The van der Waals surface area contributed by atoms with Crippen molar-refractivity contribution in [2.75, 3.05) is 24.6 Å². The minimum Gasteiger partial charge on any atom is -0.508 e. The molecule has 0 radical (unpaired) electrons. The number of rotatable bonds is 7. The van der Waals surface area contributed by atoms with Crippen LogP contribution in [0.3, 0.4) is 0 Å². The number of benzene rings is 3. The Bertz CT molecular complexity index is 1650. The van der Waals surface area contributed by atoms with Gasteiger partial charge in [-0.3, -0.25) is 0 Å². The van der Waals surface area contributed by atoms with Crippen LogP contribution in [0.4, 0.5) is 19.0 Å². The lowest BCUT2D eigenvalue weighted by atomic mass is 9.91. The number of ether oxygens (including phenoxy) is 1. The first-order chi connectivity index (χ1) is 19.6. The average Bonchev–Trinajstić information content (AvgIpc) is 3.29. The lowest BCUT2D eigenvalue weighted by molar-refractivity contribution is 0.00555. The summed E-state index contributed by atoms with van der Waals surface area (Å²) in [5, 5.41) is 25.5. The fourth-order valence-electron chi connectivity index (χ4n) is 6.05. The second kappa shape index (κ2) is 10.3. The number of aliphatic hydroxyl groups is 1. The monoisotopic (exact) mass is 566 g/mol. The topological polar surface area (TPSA) is 90.7 Å². The molecule has 0 spiro atoms. The number of phenols is 1. The molecule has 4 aromatic rings. The van der Waals surface area contributed by atoms with Gasteiger partial charge in [0.05, 0.1) is 11.2 Å². The Morgan fingerprint density at radius 2 is 1.78 bits per heavy atom. The smallest absolute Gasteiger partial charge is 0.319 e. The predicted octanol–water partition coefficient (Wildman–Crippen LogP) is 5.62. The summed E-state index contributed by atoms with van der Waals surface area (Å²) in [5.74, 6) is -2.19. The first-order valence-electron chi connectivity index (χ1n) is 14.1. The highest BCUT2D eigenvalue weighted by molar-refractivity contribution is 6.03. The van der Waals surface area contributed by atoms with Crippen molar-refractivity contribution >= 4 is 27.5 Å². The SMILES string of the molecule is CCc1c(F)ccc2cc(O)cc(-c3c(F)cc4c(N5C[C@H]6CC[C@@H](C5)N6)nc(OCC(C)(O)CC)nc4c3F)c12. The minimum atomic E-state index is -1.15. The molecule has 0 amide bonds. The zero-order chi connectivity index (χ0) is 29.1. The number of aromatic nitrogens is 2. The molecule has 1 aromatic heterocycles. The Hall–Kier alpha value is -3.63. The lowest BCUT2D eigenvalue weighted by Gasteiger charge is -2.34. The Balaban J connectivity index is 1.59. The maximum Gasteiger partial charge on any atom is 0.319 e. The number of aromatic hydroxyl groups is 1. The third kappa shape index (κ3) is 4.93. The van der Waals surface area contributed by atoms with E-state index in [4.69, 9.17) is 4.74 Å². The van der Waals surface area contributed by atoms with Crippen molar-refractivity contribution in [3.8, 4) is 22.9 Å². The molecular formula is C31H33F3N4O3. The van der Waals surface area contributed by atoms with Gasteiger partial charge in [0.25, 0.3) is 0 Å². The van der Waals surface area contributed by atoms with Gasteiger partial charge >= 0.3 is 6.01 Å². The molecular weight excluding hydrogens is 533 g/mol. The number of phenolic OH excluding ortho intramolecular Hbond substituents is 1. The van der Waals surface area contributed by atoms with Gasteiger partial charge in [0.15, 0.2) is 5.82 Å². The Kier molecular flexibility index (Phi) is 6.94. The van der Waals surface area contributed by atoms with E-state index in [-0.39, 0.29) is 53.3 Å². The summed E-state index contributed by atoms with van der Waals surface area (Å²) in [6, 6.07) is 7.00. The van der Waals surface area contributed by atoms with E-state index in [9.17, 15) is 14.6 Å². The molecule has 2 bridgehead atoms. The number of nitrogens with zero attached hydrogens (tertiary/aromatic N) is 3. The fraction of sp³-hybridized carbons (Fsp3) is 0.419. The fourth-order valence-corrected chi connectivity index (χ4v) is 6.05. The summed E-state index contributed by atoms with van der Waals surface area (Å²) >= 11 is 0. The van der Waals surface area contributed by atoms with Crippen molar-refractivity contribution in [1.29, 1.82) is 0 Å². The molecule has 3 heterocycles. The molecule has 2 fully saturated rings. The van der Waals surface area contributed by atoms with Crippen molar-refractivity contribution < 1.29 is 28.1 Å². The van der Waals surface area contributed by atoms with Crippen molar-refractivity contribution in [1.82, 2.24) is 15.3 Å². The van der Waals surface area contributed by atoms with Gasteiger partial charge in [-0.25, -0.2) is 13.2 Å². The van der Waals surface area contributed by atoms with Crippen LogP contribution in [-0.4, -0.2) is 57.6 Å². The van der Waals surface area contributed by atoms with Gasteiger partial charge < -0.3 is 25.2 Å². The molecule has 2 aliphatic rings. The van der Waals surface area contributed by atoms with Crippen LogP contribution >= 0.6 is 0 Å². The van der Waals surface area contributed by atoms with Gasteiger partial charge in [-0.1, -0.05) is 19.9 Å². The minimum absolute atomic E-state index is 0.0324. The van der Waals surface area contributed by atoms with Gasteiger partial charge in [-0.05, 0) is 78.8 Å². The second-order valence-electron chi connectivity index (χ2n) is 11.4. The van der Waals surface area contributed by atoms with Gasteiger partial charge in [-0.15, -0.1) is 0 Å². The predicted molar refractivity (Wildman–Crippen MR) is 152 cm³/mol. The van der Waals surface area contributed by atoms with Crippen LogP contribution in [0.25, 0.3) is 32.8 Å². The average molecular weight is 567 g/mol. The van der Waals surface area contributed by atoms with E-state index in [1.807, 2.05) is 11.8 Å². The summed E-state index contributed by atoms with van der Waals surface area (Å²) in [6.07, 6.45) is 2.70. The van der Waals surface area contributed by atoms with Crippen LogP contribution in [0.1, 0.15) is 45.6 Å². The number of piperazine rings is 1. The first-order valence-corrected chi connectivity index (χ1v) is 14.1. The molecule has 216 valence electrons. The molecule has 41 heavy (non-hydrogen) atoms. The number of hydrogen-bond acceptors (Lipinski definition) is 7. The lowest BCUT2D eigenvalue weighted by Crippen LogP contribution is -2.51. The number of fused-ring (bicyclic) bond motifs is 4. The second-order valence-corrected chi connectivity index (χ2v) is 11.4. The maximum atomic E-state index is 16.6. The highest BCUT2D eigenvalue weighted by atomic mass is 19.1. The Morgan fingerprint density at radius 1 is 1.05 bits per heavy atom. The summed E-state index contributed by atoms with van der Waals surface area (Å²) in [7, 11) is 0. The van der Waals surface area contributed by atoms with Crippen LogP contribution in [0.2, 0.25) is 0 Å². The van der Waals surface area contributed by atoms with E-state index < -0.39 is 28.6 Å². The van der Waals surface area contributed by atoms with Crippen LogP contribution in [-0.2, 0) is 6.42 Å². The summed E-state index contributed by atoms with van der Waals surface area (Å²) in [5.41, 5.74) is -1.41. The maximum absolute atomic E-state index is 16.6. The summed E-state index contributed by atoms with van der Waals surface area (Å²) < 4.78 is 53.3. The molecule has 0 saturated carbocycles. The zero-order valence-corrected chi connectivity index (χ0v) is 23.3. The van der Waals surface area contributed by atoms with Gasteiger partial charge in [0, 0.05) is 30.6 Å². The summed E-state index contributed by atoms with van der Waals surface area (Å²) in [4.78, 5) is 10.9. The quantitative estimate of drug-likeness (QED) is 0.268. The largest absolute Gasteiger partial charge is 0.508 e. The highest BCUT2D eigenvalue weighted by Crippen LogP contribution is 2.42. The number of halogens is 3. The molecule has 3 N–H and O–H groups in total. The number of hydrogen-bond donors (Lipinski definition) is 3. The zero-order valence-electron chi connectivity index (χ0n) is 23.3.